The molecule has 2 N–H and O–H groups in total. The second-order valence-corrected chi connectivity index (χ2v) is 6.87. The minimum absolute atomic E-state index is 0.0597. The highest BCUT2D eigenvalue weighted by atomic mass is 35.5. The van der Waals surface area contributed by atoms with Crippen LogP contribution >= 0.6 is 11.6 Å². The summed E-state index contributed by atoms with van der Waals surface area (Å²) in [6, 6.07) is 15.9. The number of rotatable bonds is 5. The van der Waals surface area contributed by atoms with Gasteiger partial charge in [0.2, 0.25) is 5.95 Å². The van der Waals surface area contributed by atoms with E-state index >= 15 is 0 Å². The van der Waals surface area contributed by atoms with Crippen LogP contribution in [-0.2, 0) is 0 Å². The fourth-order valence-electron chi connectivity index (χ4n) is 3.37. The maximum Gasteiger partial charge on any atom is 0.228 e. The number of piperazine rings is 1. The van der Waals surface area contributed by atoms with Crippen LogP contribution in [-0.4, -0.2) is 54.4 Å². The molecule has 0 atom stereocenters. The Morgan fingerprint density at radius 2 is 1.63 bits per heavy atom. The Morgan fingerprint density at radius 3 is 2.41 bits per heavy atom. The fourth-order valence-corrected chi connectivity index (χ4v) is 3.63. The zero-order valence-corrected chi connectivity index (χ0v) is 15.7. The van der Waals surface area contributed by atoms with Gasteiger partial charge in [-0.3, -0.25) is 0 Å². The molecule has 2 aromatic carbocycles. The van der Waals surface area contributed by atoms with Crippen molar-refractivity contribution in [3.63, 3.8) is 0 Å². The number of halogens is 1. The number of nitrogens with one attached hydrogen (secondary N) is 1. The lowest BCUT2D eigenvalue weighted by atomic mass is 10.2. The third kappa shape index (κ3) is 3.77. The summed E-state index contributed by atoms with van der Waals surface area (Å²) >= 11 is 6.34. The Morgan fingerprint density at radius 1 is 0.926 bits per heavy atom. The lowest BCUT2D eigenvalue weighted by molar-refractivity contribution is 0.311. The van der Waals surface area contributed by atoms with Crippen LogP contribution in [0.15, 0.2) is 48.5 Å². The quantitative estimate of drug-likeness (QED) is 0.706. The molecule has 0 unspecified atom stereocenters. The number of nitrogens with zero attached hydrogens (tertiary/aromatic N) is 4. The highest BCUT2D eigenvalue weighted by Gasteiger charge is 2.21. The molecule has 0 amide bonds. The van der Waals surface area contributed by atoms with Crippen LogP contribution in [0, 0.1) is 0 Å². The van der Waals surface area contributed by atoms with Gasteiger partial charge in [0.25, 0.3) is 0 Å². The highest BCUT2D eigenvalue weighted by Crippen LogP contribution is 2.28. The highest BCUT2D eigenvalue weighted by molar-refractivity contribution is 6.33. The number of benzene rings is 2. The summed E-state index contributed by atoms with van der Waals surface area (Å²) in [4.78, 5) is 14.0. The Hall–Kier alpha value is -2.57. The summed E-state index contributed by atoms with van der Waals surface area (Å²) in [6.07, 6.45) is 0. The van der Waals surface area contributed by atoms with Gasteiger partial charge in [-0.1, -0.05) is 35.9 Å². The number of hydrogen-bond donors (Lipinski definition) is 2. The molecule has 140 valence electrons. The van der Waals surface area contributed by atoms with Crippen LogP contribution in [0.2, 0.25) is 5.02 Å². The number of para-hydroxylation sites is 2. The summed E-state index contributed by atoms with van der Waals surface area (Å²) in [5, 5.41) is 14.1. The smallest absolute Gasteiger partial charge is 0.228 e. The minimum atomic E-state index is 0.0597. The van der Waals surface area contributed by atoms with E-state index in [1.54, 1.807) is 0 Å². The first-order valence-corrected chi connectivity index (χ1v) is 9.50. The largest absolute Gasteiger partial charge is 0.395 e. The normalized spacial score (nSPS) is 14.6. The van der Waals surface area contributed by atoms with Gasteiger partial charge in [-0.25, -0.2) is 4.98 Å². The molecule has 1 aliphatic heterocycles. The Bertz CT molecular complexity index is 927. The van der Waals surface area contributed by atoms with Crippen molar-refractivity contribution in [1.29, 1.82) is 0 Å². The predicted octanol–water partition coefficient (Wildman–Crippen LogP) is 3.01. The van der Waals surface area contributed by atoms with Crippen molar-refractivity contribution in [2.45, 2.75) is 0 Å². The van der Waals surface area contributed by atoms with Crippen molar-refractivity contribution in [1.82, 2.24) is 9.97 Å². The molecule has 1 fully saturated rings. The second-order valence-electron chi connectivity index (χ2n) is 6.47. The lowest BCUT2D eigenvalue weighted by Crippen LogP contribution is -2.47. The molecule has 7 heteroatoms. The molecule has 0 aliphatic carbocycles. The molecular weight excluding hydrogens is 362 g/mol. The minimum Gasteiger partial charge on any atom is -0.395 e. The summed E-state index contributed by atoms with van der Waals surface area (Å²) in [5.41, 5.74) is 1.97. The van der Waals surface area contributed by atoms with Crippen molar-refractivity contribution in [3.8, 4) is 0 Å². The van der Waals surface area contributed by atoms with E-state index in [4.69, 9.17) is 26.7 Å². The fraction of sp³-hybridized carbons (Fsp3) is 0.300. The molecule has 1 aromatic heterocycles. The number of hydrogen-bond acceptors (Lipinski definition) is 6. The van der Waals surface area contributed by atoms with Gasteiger partial charge in [0.15, 0.2) is 0 Å². The maximum atomic E-state index is 9.14. The molecule has 2 heterocycles. The first-order valence-electron chi connectivity index (χ1n) is 9.12. The van der Waals surface area contributed by atoms with Crippen LogP contribution in [0.1, 0.15) is 0 Å². The number of aliphatic hydroxyl groups is 1. The van der Waals surface area contributed by atoms with E-state index in [0.717, 1.165) is 53.6 Å². The van der Waals surface area contributed by atoms with Gasteiger partial charge >= 0.3 is 0 Å². The Balaban J connectivity index is 1.56. The van der Waals surface area contributed by atoms with Crippen LogP contribution in [0.25, 0.3) is 10.9 Å². The van der Waals surface area contributed by atoms with Crippen LogP contribution in [0.4, 0.5) is 17.5 Å². The van der Waals surface area contributed by atoms with Crippen molar-refractivity contribution in [2.24, 2.45) is 0 Å². The standard InChI is InChI=1S/C20H22ClN5O/c21-16-6-2-4-8-18(16)25-10-12-26(13-11-25)20-23-17-7-3-1-5-15(17)19(24-20)22-9-14-27/h1-8,27H,9-14H2,(H,22,23,24). The molecule has 0 bridgehead atoms. The van der Waals surface area contributed by atoms with Gasteiger partial charge in [-0.15, -0.1) is 0 Å². The summed E-state index contributed by atoms with van der Waals surface area (Å²) < 4.78 is 0. The number of anilines is 3. The molecular formula is C20H22ClN5O. The molecule has 0 spiro atoms. The van der Waals surface area contributed by atoms with E-state index in [9.17, 15) is 0 Å². The van der Waals surface area contributed by atoms with E-state index < -0.39 is 0 Å². The molecule has 27 heavy (non-hydrogen) atoms. The van der Waals surface area contributed by atoms with E-state index in [-0.39, 0.29) is 6.61 Å². The van der Waals surface area contributed by atoms with Gasteiger partial charge in [0, 0.05) is 38.1 Å². The number of fused-ring (bicyclic) bond motifs is 1. The van der Waals surface area contributed by atoms with Crippen molar-refractivity contribution >= 4 is 40.0 Å². The van der Waals surface area contributed by atoms with E-state index in [1.165, 1.54) is 0 Å². The van der Waals surface area contributed by atoms with Crippen LogP contribution < -0.4 is 15.1 Å². The average molecular weight is 384 g/mol. The first-order chi connectivity index (χ1) is 13.3. The van der Waals surface area contributed by atoms with E-state index in [2.05, 4.69) is 21.2 Å². The third-order valence-electron chi connectivity index (χ3n) is 4.75. The summed E-state index contributed by atoms with van der Waals surface area (Å²) in [5.74, 6) is 1.48. The molecule has 4 rings (SSSR count). The van der Waals surface area contributed by atoms with Crippen molar-refractivity contribution in [2.75, 3.05) is 54.4 Å². The molecule has 1 aliphatic rings. The Labute approximate surface area is 163 Å². The predicted molar refractivity (Wildman–Crippen MR) is 111 cm³/mol. The molecule has 6 nitrogen and oxygen atoms in total. The van der Waals surface area contributed by atoms with Crippen LogP contribution in [0.5, 0.6) is 0 Å². The monoisotopic (exact) mass is 383 g/mol. The number of aliphatic hydroxyl groups excluding tert-OH is 1. The Kier molecular flexibility index (Phi) is 5.27. The van der Waals surface area contributed by atoms with Gasteiger partial charge < -0.3 is 20.2 Å². The average Bonchev–Trinajstić information content (AvgIpc) is 2.72. The second kappa shape index (κ2) is 7.98. The van der Waals surface area contributed by atoms with Gasteiger partial charge in [-0.2, -0.15) is 4.98 Å². The van der Waals surface area contributed by atoms with E-state index in [1.807, 2.05) is 42.5 Å². The molecule has 0 saturated carbocycles. The SMILES string of the molecule is OCCNc1nc(N2CCN(c3ccccc3Cl)CC2)nc2ccccc12. The van der Waals surface area contributed by atoms with Gasteiger partial charge in [-0.05, 0) is 24.3 Å². The van der Waals surface area contributed by atoms with Crippen LogP contribution in [0.3, 0.4) is 0 Å². The van der Waals surface area contributed by atoms with Gasteiger partial charge in [0.1, 0.15) is 5.82 Å². The molecule has 3 aromatic rings. The summed E-state index contributed by atoms with van der Waals surface area (Å²) in [6.45, 7) is 3.88. The third-order valence-corrected chi connectivity index (χ3v) is 5.07. The first kappa shape index (κ1) is 17.8. The molecule has 1 saturated heterocycles. The zero-order chi connectivity index (χ0) is 18.6. The lowest BCUT2D eigenvalue weighted by Gasteiger charge is -2.36. The number of aromatic nitrogens is 2. The zero-order valence-electron chi connectivity index (χ0n) is 15.0. The van der Waals surface area contributed by atoms with Gasteiger partial charge in [0.05, 0.1) is 22.8 Å². The topological polar surface area (TPSA) is 64.5 Å². The maximum absolute atomic E-state index is 9.14. The van der Waals surface area contributed by atoms with Crippen molar-refractivity contribution in [3.05, 3.63) is 53.6 Å². The molecule has 0 radical (unpaired) electrons. The van der Waals surface area contributed by atoms with Crippen molar-refractivity contribution < 1.29 is 5.11 Å². The summed E-state index contributed by atoms with van der Waals surface area (Å²) in [7, 11) is 0. The van der Waals surface area contributed by atoms with E-state index in [0.29, 0.717) is 12.5 Å².